The van der Waals surface area contributed by atoms with Crippen LogP contribution >= 0.6 is 0 Å². The van der Waals surface area contributed by atoms with Gasteiger partial charge in [0.1, 0.15) is 6.54 Å². The van der Waals surface area contributed by atoms with Gasteiger partial charge in [-0.1, -0.05) is 23.8 Å². The minimum atomic E-state index is -3.53. The van der Waals surface area contributed by atoms with E-state index < -0.39 is 10.0 Å². The average molecular weight is 416 g/mol. The van der Waals surface area contributed by atoms with E-state index in [4.69, 9.17) is 0 Å². The average Bonchev–Trinajstić information content (AvgIpc) is 3.13. The first kappa shape index (κ1) is 20.7. The van der Waals surface area contributed by atoms with E-state index in [1.807, 2.05) is 42.6 Å². The molecular weight excluding hydrogens is 390 g/mol. The number of aromatic nitrogens is 3. The Bertz CT molecular complexity index is 1080. The lowest BCUT2D eigenvalue weighted by Crippen LogP contribution is -2.41. The molecule has 9 nitrogen and oxygen atoms in total. The highest BCUT2D eigenvalue weighted by atomic mass is 32.2. The molecule has 0 fully saturated rings. The number of nitrogens with one attached hydrogen (secondary N) is 3. The minimum Gasteiger partial charge on any atom is -0.357 e. The zero-order valence-corrected chi connectivity index (χ0v) is 17.3. The molecule has 10 heteroatoms. The van der Waals surface area contributed by atoms with Crippen molar-refractivity contribution in [3.05, 3.63) is 60.0 Å². The van der Waals surface area contributed by atoms with Crippen LogP contribution in [0.25, 0.3) is 5.65 Å². The van der Waals surface area contributed by atoms with Gasteiger partial charge in [0.05, 0.1) is 4.90 Å². The third kappa shape index (κ3) is 5.52. The molecular formula is C19H25N7O2S. The smallest absolute Gasteiger partial charge is 0.240 e. The Morgan fingerprint density at radius 2 is 1.86 bits per heavy atom. The highest BCUT2D eigenvalue weighted by Gasteiger charge is 2.12. The van der Waals surface area contributed by atoms with Crippen LogP contribution in [0.1, 0.15) is 18.3 Å². The molecule has 154 valence electrons. The van der Waals surface area contributed by atoms with E-state index in [2.05, 4.69) is 30.5 Å². The highest BCUT2D eigenvalue weighted by Crippen LogP contribution is 2.09. The predicted molar refractivity (Wildman–Crippen MR) is 112 cm³/mol. The van der Waals surface area contributed by atoms with E-state index in [0.717, 1.165) is 17.0 Å². The van der Waals surface area contributed by atoms with Gasteiger partial charge < -0.3 is 10.6 Å². The molecule has 0 spiro atoms. The van der Waals surface area contributed by atoms with Gasteiger partial charge >= 0.3 is 0 Å². The lowest BCUT2D eigenvalue weighted by Gasteiger charge is -2.12. The third-order valence-electron chi connectivity index (χ3n) is 4.15. The fraction of sp³-hybridized carbons (Fsp3) is 0.316. The van der Waals surface area contributed by atoms with Crippen molar-refractivity contribution < 1.29 is 8.42 Å². The number of hydrogen-bond donors (Lipinski definition) is 3. The van der Waals surface area contributed by atoms with Gasteiger partial charge in [-0.05, 0) is 38.1 Å². The molecule has 0 saturated heterocycles. The summed E-state index contributed by atoms with van der Waals surface area (Å²) in [6, 6.07) is 12.4. The largest absolute Gasteiger partial charge is 0.357 e. The first-order valence-corrected chi connectivity index (χ1v) is 10.8. The summed E-state index contributed by atoms with van der Waals surface area (Å²) in [5.41, 5.74) is 1.78. The molecule has 29 heavy (non-hydrogen) atoms. The second-order valence-electron chi connectivity index (χ2n) is 6.38. The molecule has 0 bridgehead atoms. The Balaban J connectivity index is 1.55. The van der Waals surface area contributed by atoms with E-state index in [1.165, 1.54) is 0 Å². The molecule has 1 aromatic carbocycles. The van der Waals surface area contributed by atoms with Crippen LogP contribution in [0.5, 0.6) is 0 Å². The normalized spacial score (nSPS) is 12.3. The number of nitrogens with zero attached hydrogens (tertiary/aromatic N) is 4. The Morgan fingerprint density at radius 1 is 1.07 bits per heavy atom. The van der Waals surface area contributed by atoms with Crippen LogP contribution in [-0.4, -0.2) is 48.6 Å². The molecule has 2 heterocycles. The Labute approximate surface area is 170 Å². The SMILES string of the molecule is CCNC(=NCc1nnc2ccccn12)NCCNS(=O)(=O)c1ccc(C)cc1. The van der Waals surface area contributed by atoms with Gasteiger partial charge in [-0.3, -0.25) is 4.40 Å². The van der Waals surface area contributed by atoms with Gasteiger partial charge in [0.25, 0.3) is 0 Å². The van der Waals surface area contributed by atoms with Crippen molar-refractivity contribution in [3.63, 3.8) is 0 Å². The lowest BCUT2D eigenvalue weighted by molar-refractivity contribution is 0.580. The van der Waals surface area contributed by atoms with E-state index in [0.29, 0.717) is 25.6 Å². The van der Waals surface area contributed by atoms with Gasteiger partial charge in [-0.25, -0.2) is 18.1 Å². The number of hydrogen-bond acceptors (Lipinski definition) is 5. The van der Waals surface area contributed by atoms with Crippen LogP contribution in [0.2, 0.25) is 0 Å². The number of benzene rings is 1. The number of sulfonamides is 1. The zero-order chi connectivity index (χ0) is 20.7. The van der Waals surface area contributed by atoms with Crippen LogP contribution in [0.3, 0.4) is 0 Å². The molecule has 3 N–H and O–H groups in total. The molecule has 0 saturated carbocycles. The summed E-state index contributed by atoms with van der Waals surface area (Å²) in [6.07, 6.45) is 1.89. The Morgan fingerprint density at radius 3 is 2.62 bits per heavy atom. The molecule has 3 aromatic rings. The summed E-state index contributed by atoms with van der Waals surface area (Å²) in [5.74, 6) is 1.30. The Kier molecular flexibility index (Phi) is 6.78. The number of pyridine rings is 1. The van der Waals surface area contributed by atoms with Crippen molar-refractivity contribution in [3.8, 4) is 0 Å². The van der Waals surface area contributed by atoms with Crippen molar-refractivity contribution in [2.75, 3.05) is 19.6 Å². The number of aryl methyl sites for hydroxylation is 1. The van der Waals surface area contributed by atoms with Gasteiger partial charge in [-0.15, -0.1) is 10.2 Å². The third-order valence-corrected chi connectivity index (χ3v) is 5.62. The predicted octanol–water partition coefficient (Wildman–Crippen LogP) is 1.07. The van der Waals surface area contributed by atoms with Gasteiger partial charge in [0, 0.05) is 25.8 Å². The van der Waals surface area contributed by atoms with Crippen LogP contribution < -0.4 is 15.4 Å². The maximum Gasteiger partial charge on any atom is 0.240 e. The molecule has 0 aliphatic carbocycles. The molecule has 0 radical (unpaired) electrons. The summed E-state index contributed by atoms with van der Waals surface area (Å²) in [5, 5.41) is 14.5. The summed E-state index contributed by atoms with van der Waals surface area (Å²) in [6.45, 7) is 5.52. The molecule has 0 aliphatic rings. The maximum absolute atomic E-state index is 12.3. The van der Waals surface area contributed by atoms with Gasteiger partial charge in [-0.2, -0.15) is 0 Å². The molecule has 0 unspecified atom stereocenters. The molecule has 0 aliphatic heterocycles. The van der Waals surface area contributed by atoms with E-state index in [1.54, 1.807) is 24.3 Å². The molecule has 2 aromatic heterocycles. The van der Waals surface area contributed by atoms with E-state index >= 15 is 0 Å². The summed E-state index contributed by atoms with van der Waals surface area (Å²) >= 11 is 0. The molecule has 0 amide bonds. The monoisotopic (exact) mass is 415 g/mol. The standard InChI is InChI=1S/C19H25N7O2S/c1-3-20-19(22-14-18-25-24-17-6-4-5-13-26(17)18)21-11-12-23-29(27,28)16-9-7-15(2)8-10-16/h4-10,13,23H,3,11-12,14H2,1-2H3,(H2,20,21,22). The number of guanidine groups is 1. The second kappa shape index (κ2) is 9.48. The first-order valence-electron chi connectivity index (χ1n) is 9.37. The van der Waals surface area contributed by atoms with Crippen molar-refractivity contribution in [1.29, 1.82) is 0 Å². The van der Waals surface area contributed by atoms with E-state index in [-0.39, 0.29) is 11.4 Å². The quantitative estimate of drug-likeness (QED) is 0.288. The van der Waals surface area contributed by atoms with Gasteiger partial charge in [0.2, 0.25) is 10.0 Å². The van der Waals surface area contributed by atoms with Crippen LogP contribution in [0.4, 0.5) is 0 Å². The van der Waals surface area contributed by atoms with Crippen LogP contribution in [-0.2, 0) is 16.6 Å². The highest BCUT2D eigenvalue weighted by molar-refractivity contribution is 7.89. The number of aliphatic imine (C=N–C) groups is 1. The number of rotatable bonds is 8. The van der Waals surface area contributed by atoms with Crippen molar-refractivity contribution >= 4 is 21.6 Å². The fourth-order valence-electron chi connectivity index (χ4n) is 2.66. The number of fused-ring (bicyclic) bond motifs is 1. The molecule has 3 rings (SSSR count). The van der Waals surface area contributed by atoms with Crippen LogP contribution in [0.15, 0.2) is 58.5 Å². The Hall–Kier alpha value is -2.98. The molecule has 0 atom stereocenters. The lowest BCUT2D eigenvalue weighted by atomic mass is 10.2. The van der Waals surface area contributed by atoms with Gasteiger partial charge in [0.15, 0.2) is 17.4 Å². The van der Waals surface area contributed by atoms with Crippen LogP contribution in [0, 0.1) is 6.92 Å². The summed E-state index contributed by atoms with van der Waals surface area (Å²) in [4.78, 5) is 4.75. The first-order chi connectivity index (χ1) is 14.0. The minimum absolute atomic E-state index is 0.231. The fourth-order valence-corrected chi connectivity index (χ4v) is 3.69. The topological polar surface area (TPSA) is 113 Å². The summed E-state index contributed by atoms with van der Waals surface area (Å²) < 4.78 is 29.1. The maximum atomic E-state index is 12.3. The van der Waals surface area contributed by atoms with Crippen molar-refractivity contribution in [2.24, 2.45) is 4.99 Å². The van der Waals surface area contributed by atoms with E-state index in [9.17, 15) is 8.42 Å². The zero-order valence-electron chi connectivity index (χ0n) is 16.5. The van der Waals surface area contributed by atoms with Crippen molar-refractivity contribution in [2.45, 2.75) is 25.3 Å². The summed E-state index contributed by atoms with van der Waals surface area (Å²) in [7, 11) is -3.53. The second-order valence-corrected chi connectivity index (χ2v) is 8.14. The van der Waals surface area contributed by atoms with Crippen molar-refractivity contribution in [1.82, 2.24) is 30.0 Å².